The molecule has 0 saturated heterocycles. The molecule has 20 heavy (non-hydrogen) atoms. The molecule has 0 aliphatic carbocycles. The van der Waals surface area contributed by atoms with Crippen molar-refractivity contribution in [2.45, 2.75) is 48.0 Å². The van der Waals surface area contributed by atoms with Gasteiger partial charge in [-0.3, -0.25) is 4.79 Å². The monoisotopic (exact) mass is 282 g/mol. The van der Waals surface area contributed by atoms with E-state index in [0.717, 1.165) is 6.42 Å². The van der Waals surface area contributed by atoms with Crippen LogP contribution in [0.1, 0.15) is 58.6 Å². The zero-order valence-electron chi connectivity index (χ0n) is 13.1. The summed E-state index contributed by atoms with van der Waals surface area (Å²) in [6, 6.07) is 0. The summed E-state index contributed by atoms with van der Waals surface area (Å²) in [5.41, 5.74) is -0.527. The average Bonchev–Trinajstić information content (AvgIpc) is 2.27. The first-order valence-corrected chi connectivity index (χ1v) is 6.71. The van der Waals surface area contributed by atoms with Crippen LogP contribution in [-0.4, -0.2) is 22.4 Å². The summed E-state index contributed by atoms with van der Waals surface area (Å²) < 4.78 is 19.1. The molecule has 1 heterocycles. The fraction of sp³-hybridized carbons (Fsp3) is 0.667. The van der Waals surface area contributed by atoms with Crippen LogP contribution in [0, 0.1) is 16.8 Å². The van der Waals surface area contributed by atoms with Crippen LogP contribution in [0.2, 0.25) is 0 Å². The van der Waals surface area contributed by atoms with E-state index in [4.69, 9.17) is 4.74 Å². The van der Waals surface area contributed by atoms with E-state index in [0.29, 0.717) is 6.61 Å². The number of carbonyl (C=O) groups is 1. The summed E-state index contributed by atoms with van der Waals surface area (Å²) in [7, 11) is 0. The van der Waals surface area contributed by atoms with Crippen molar-refractivity contribution in [3.05, 3.63) is 18.0 Å². The molecule has 1 rings (SSSR count). The summed E-state index contributed by atoms with van der Waals surface area (Å²) >= 11 is 0. The normalized spacial score (nSPS) is 12.3. The predicted octanol–water partition coefficient (Wildman–Crippen LogP) is 3.66. The average molecular weight is 282 g/mol. The van der Waals surface area contributed by atoms with E-state index in [-0.39, 0.29) is 22.8 Å². The van der Waals surface area contributed by atoms with Gasteiger partial charge < -0.3 is 4.74 Å². The van der Waals surface area contributed by atoms with E-state index in [1.54, 1.807) is 20.8 Å². The summed E-state index contributed by atoms with van der Waals surface area (Å²) in [4.78, 5) is 19.4. The molecule has 1 aromatic heterocycles. The molecule has 4 nitrogen and oxygen atoms in total. The zero-order chi connectivity index (χ0) is 15.6. The van der Waals surface area contributed by atoms with Gasteiger partial charge in [0.1, 0.15) is 0 Å². The van der Waals surface area contributed by atoms with Crippen LogP contribution < -0.4 is 4.74 Å². The Labute approximate surface area is 119 Å². The maximum atomic E-state index is 13.8. The third kappa shape index (κ3) is 4.87. The highest BCUT2D eigenvalue weighted by molar-refractivity contribution is 5.96. The predicted molar refractivity (Wildman–Crippen MR) is 75.3 cm³/mol. The summed E-state index contributed by atoms with van der Waals surface area (Å²) in [5, 5.41) is 0. The first kappa shape index (κ1) is 16.5. The molecule has 0 aliphatic heterocycles. The van der Waals surface area contributed by atoms with Crippen molar-refractivity contribution in [1.29, 1.82) is 0 Å². The van der Waals surface area contributed by atoms with Crippen LogP contribution in [0.25, 0.3) is 0 Å². The van der Waals surface area contributed by atoms with Crippen molar-refractivity contribution in [1.82, 2.24) is 9.97 Å². The molecular formula is C15H23FN2O2. The van der Waals surface area contributed by atoms with Gasteiger partial charge >= 0.3 is 0 Å². The van der Waals surface area contributed by atoms with Gasteiger partial charge in [0.25, 0.3) is 5.95 Å². The summed E-state index contributed by atoms with van der Waals surface area (Å²) in [6.45, 7) is 11.8. The molecule has 0 aromatic carbocycles. The highest BCUT2D eigenvalue weighted by Crippen LogP contribution is 2.22. The second kappa shape index (κ2) is 5.85. The first-order valence-electron chi connectivity index (χ1n) is 6.71. The number of ketones is 1. The molecule has 0 fully saturated rings. The lowest BCUT2D eigenvalue weighted by molar-refractivity contribution is 0.0845. The number of carbonyl (C=O) groups excluding carboxylic acids is 1. The number of hydrogen-bond donors (Lipinski definition) is 0. The molecule has 1 aromatic rings. The minimum atomic E-state index is -0.790. The zero-order valence-corrected chi connectivity index (χ0v) is 13.1. The van der Waals surface area contributed by atoms with E-state index in [9.17, 15) is 9.18 Å². The van der Waals surface area contributed by atoms with Gasteiger partial charge in [-0.1, -0.05) is 41.5 Å². The van der Waals surface area contributed by atoms with Crippen LogP contribution in [0.15, 0.2) is 6.20 Å². The minimum Gasteiger partial charge on any atom is -0.487 e. The van der Waals surface area contributed by atoms with Gasteiger partial charge in [-0.2, -0.15) is 9.37 Å². The number of hydrogen-bond acceptors (Lipinski definition) is 4. The van der Waals surface area contributed by atoms with Crippen LogP contribution in [0.3, 0.4) is 0 Å². The lowest BCUT2D eigenvalue weighted by Gasteiger charge is -2.18. The molecule has 5 heteroatoms. The third-order valence-electron chi connectivity index (χ3n) is 2.71. The van der Waals surface area contributed by atoms with E-state index in [1.807, 2.05) is 0 Å². The van der Waals surface area contributed by atoms with E-state index in [2.05, 4.69) is 30.7 Å². The molecule has 0 atom stereocenters. The number of Topliss-reactive ketones (excluding diaryl/α,β-unsaturated/α-hetero) is 1. The molecule has 0 unspecified atom stereocenters. The van der Waals surface area contributed by atoms with Gasteiger partial charge in [-0.25, -0.2) is 4.98 Å². The number of ether oxygens (including phenoxy) is 1. The van der Waals surface area contributed by atoms with Gasteiger partial charge in [0.15, 0.2) is 11.6 Å². The quantitative estimate of drug-likeness (QED) is 0.624. The Bertz CT molecular complexity index is 488. The van der Waals surface area contributed by atoms with Crippen molar-refractivity contribution in [2.24, 2.45) is 10.8 Å². The van der Waals surface area contributed by atoms with Crippen LogP contribution >= 0.6 is 0 Å². The minimum absolute atomic E-state index is 0.0142. The van der Waals surface area contributed by atoms with Gasteiger partial charge in [0.2, 0.25) is 5.78 Å². The van der Waals surface area contributed by atoms with Crippen molar-refractivity contribution in [3.8, 4) is 5.75 Å². The standard InChI is InChI=1S/C15H23FN2O2/c1-14(2,3)7-8-20-10-9-17-13(18-12(10)16)11(19)15(4,5)6/h9H,7-8H2,1-6H3. The molecule has 0 N–H and O–H groups in total. The highest BCUT2D eigenvalue weighted by atomic mass is 19.1. The fourth-order valence-electron chi connectivity index (χ4n) is 1.36. The Morgan fingerprint density at radius 1 is 1.25 bits per heavy atom. The van der Waals surface area contributed by atoms with Crippen LogP contribution in [0.4, 0.5) is 4.39 Å². The number of nitrogens with zero attached hydrogens (tertiary/aromatic N) is 2. The van der Waals surface area contributed by atoms with Crippen molar-refractivity contribution < 1.29 is 13.9 Å². The van der Waals surface area contributed by atoms with Crippen molar-refractivity contribution in [2.75, 3.05) is 6.61 Å². The number of aromatic nitrogens is 2. The molecule has 0 aliphatic rings. The summed E-state index contributed by atoms with van der Waals surface area (Å²) in [5.74, 6) is -1.21. The van der Waals surface area contributed by atoms with Gasteiger partial charge in [-0.15, -0.1) is 0 Å². The SMILES string of the molecule is CC(C)(C)CCOc1cnc(C(=O)C(C)(C)C)nc1F. The molecule has 112 valence electrons. The Kier molecular flexibility index (Phi) is 4.84. The highest BCUT2D eigenvalue weighted by Gasteiger charge is 2.26. The second-order valence-electron chi connectivity index (χ2n) is 7.09. The van der Waals surface area contributed by atoms with Crippen molar-refractivity contribution in [3.63, 3.8) is 0 Å². The molecule has 0 saturated carbocycles. The Hall–Kier alpha value is -1.52. The van der Waals surface area contributed by atoms with E-state index < -0.39 is 11.4 Å². The van der Waals surface area contributed by atoms with Crippen LogP contribution in [-0.2, 0) is 0 Å². The van der Waals surface area contributed by atoms with Crippen LogP contribution in [0.5, 0.6) is 5.75 Å². The lowest BCUT2D eigenvalue weighted by Crippen LogP contribution is -2.23. The Morgan fingerprint density at radius 3 is 2.30 bits per heavy atom. The molecule has 0 radical (unpaired) electrons. The largest absolute Gasteiger partial charge is 0.487 e. The molecule has 0 amide bonds. The maximum Gasteiger partial charge on any atom is 0.259 e. The first-order chi connectivity index (χ1) is 9.00. The molecule has 0 spiro atoms. The van der Waals surface area contributed by atoms with Crippen molar-refractivity contribution >= 4 is 5.78 Å². The number of rotatable bonds is 4. The smallest absolute Gasteiger partial charge is 0.259 e. The third-order valence-corrected chi connectivity index (χ3v) is 2.71. The van der Waals surface area contributed by atoms with Gasteiger partial charge in [-0.05, 0) is 11.8 Å². The van der Waals surface area contributed by atoms with E-state index >= 15 is 0 Å². The van der Waals surface area contributed by atoms with Gasteiger partial charge in [0, 0.05) is 5.41 Å². The fourth-order valence-corrected chi connectivity index (χ4v) is 1.36. The van der Waals surface area contributed by atoms with Gasteiger partial charge in [0.05, 0.1) is 12.8 Å². The molecular weight excluding hydrogens is 259 g/mol. The maximum absolute atomic E-state index is 13.8. The second-order valence-corrected chi connectivity index (χ2v) is 7.09. The van der Waals surface area contributed by atoms with E-state index in [1.165, 1.54) is 6.20 Å². The lowest BCUT2D eigenvalue weighted by atomic mass is 9.90. The Morgan fingerprint density at radius 2 is 1.85 bits per heavy atom. The summed E-state index contributed by atoms with van der Waals surface area (Å²) in [6.07, 6.45) is 2.01. The Balaban J connectivity index is 2.77. The number of halogens is 1. The molecule has 0 bridgehead atoms. The topological polar surface area (TPSA) is 52.1 Å².